The minimum absolute atomic E-state index is 0.125. The van der Waals surface area contributed by atoms with Crippen molar-refractivity contribution in [1.29, 1.82) is 0 Å². The molecule has 2 aromatic rings. The molecule has 1 amide bonds. The Morgan fingerprint density at radius 3 is 2.89 bits per heavy atom. The van der Waals surface area contributed by atoms with Crippen molar-refractivity contribution in [2.45, 2.75) is 19.9 Å². The number of carbonyl (C=O) groups excluding carboxylic acids is 1. The Balaban J connectivity index is 2.01. The number of aromatic amines is 1. The normalized spacial score (nSPS) is 10.4. The van der Waals surface area contributed by atoms with Gasteiger partial charge in [0.15, 0.2) is 11.4 Å². The minimum Gasteiger partial charge on any atom is -0.477 e. The molecule has 0 saturated carbocycles. The fourth-order valence-electron chi connectivity index (χ4n) is 1.46. The lowest BCUT2D eigenvalue weighted by Gasteiger charge is -2.01. The molecule has 0 spiro atoms. The van der Waals surface area contributed by atoms with Crippen molar-refractivity contribution in [3.63, 3.8) is 0 Å². The van der Waals surface area contributed by atoms with E-state index in [0.717, 1.165) is 16.3 Å². The average molecular weight is 280 g/mol. The summed E-state index contributed by atoms with van der Waals surface area (Å²) in [5.41, 5.74) is -0.342. The van der Waals surface area contributed by atoms with Crippen LogP contribution in [0.1, 0.15) is 37.8 Å². The number of nitrogens with zero attached hydrogens (tertiary/aromatic N) is 2. The quantitative estimate of drug-likeness (QED) is 0.759. The summed E-state index contributed by atoms with van der Waals surface area (Å²) in [6.45, 7) is 2.29. The van der Waals surface area contributed by atoms with Crippen molar-refractivity contribution in [3.8, 4) is 0 Å². The van der Waals surface area contributed by atoms with Crippen LogP contribution in [0.15, 0.2) is 12.5 Å². The summed E-state index contributed by atoms with van der Waals surface area (Å²) in [6, 6.07) is 0. The highest BCUT2D eigenvalue weighted by Crippen LogP contribution is 2.13. The van der Waals surface area contributed by atoms with Crippen LogP contribution >= 0.6 is 11.3 Å². The monoisotopic (exact) mass is 280 g/mol. The fraction of sp³-hybridized carbons (Fsp3) is 0.273. The van der Waals surface area contributed by atoms with Crippen LogP contribution < -0.4 is 5.32 Å². The molecule has 2 rings (SSSR count). The Kier molecular flexibility index (Phi) is 3.91. The molecule has 2 aromatic heterocycles. The molecule has 19 heavy (non-hydrogen) atoms. The largest absolute Gasteiger partial charge is 0.477 e. The number of hydrogen-bond donors (Lipinski definition) is 3. The summed E-state index contributed by atoms with van der Waals surface area (Å²) >= 11 is 1.51. The molecule has 0 aliphatic carbocycles. The first-order valence-corrected chi connectivity index (χ1v) is 6.42. The molecule has 2 heterocycles. The first-order chi connectivity index (χ1) is 9.11. The van der Waals surface area contributed by atoms with Crippen LogP contribution in [0.3, 0.4) is 0 Å². The number of aryl methyl sites for hydroxylation is 1. The van der Waals surface area contributed by atoms with Gasteiger partial charge in [0.1, 0.15) is 5.01 Å². The minimum atomic E-state index is -1.22. The molecule has 0 aromatic carbocycles. The number of carboxylic acids is 1. The summed E-state index contributed by atoms with van der Waals surface area (Å²) < 4.78 is 0. The average Bonchev–Trinajstić information content (AvgIpc) is 3.04. The highest BCUT2D eigenvalue weighted by Gasteiger charge is 2.19. The Labute approximate surface area is 112 Å². The molecule has 0 fully saturated rings. The molecule has 0 aliphatic rings. The zero-order valence-corrected chi connectivity index (χ0v) is 11.0. The summed E-state index contributed by atoms with van der Waals surface area (Å²) in [5, 5.41) is 12.2. The van der Waals surface area contributed by atoms with E-state index in [9.17, 15) is 9.59 Å². The van der Waals surface area contributed by atoms with E-state index in [4.69, 9.17) is 5.11 Å². The Bertz CT molecular complexity index is 605. The molecule has 0 unspecified atom stereocenters. The standard InChI is InChI=1S/C11H12N4O3S/c1-2-6-3-12-7(19-6)4-13-10(16)8-9(11(17)18)15-5-14-8/h3,5H,2,4H2,1H3,(H,13,16)(H,14,15)(H,17,18). The Morgan fingerprint density at radius 2 is 2.26 bits per heavy atom. The highest BCUT2D eigenvalue weighted by molar-refractivity contribution is 7.11. The van der Waals surface area contributed by atoms with Crippen LogP contribution in [-0.2, 0) is 13.0 Å². The molecule has 8 heteroatoms. The molecule has 7 nitrogen and oxygen atoms in total. The first kappa shape index (κ1) is 13.2. The van der Waals surface area contributed by atoms with Gasteiger partial charge in [0.25, 0.3) is 5.91 Å². The number of nitrogens with one attached hydrogen (secondary N) is 2. The van der Waals surface area contributed by atoms with Gasteiger partial charge in [0.05, 0.1) is 12.9 Å². The summed E-state index contributed by atoms with van der Waals surface area (Å²) in [4.78, 5) is 34.1. The first-order valence-electron chi connectivity index (χ1n) is 5.60. The Hall–Kier alpha value is -2.22. The fourth-order valence-corrected chi connectivity index (χ4v) is 2.26. The second-order valence-electron chi connectivity index (χ2n) is 3.69. The van der Waals surface area contributed by atoms with Crippen LogP contribution in [0.5, 0.6) is 0 Å². The van der Waals surface area contributed by atoms with Gasteiger partial charge < -0.3 is 15.4 Å². The third kappa shape index (κ3) is 2.97. The lowest BCUT2D eigenvalue weighted by Crippen LogP contribution is -2.25. The van der Waals surface area contributed by atoms with Crippen LogP contribution in [0.25, 0.3) is 0 Å². The lowest BCUT2D eigenvalue weighted by molar-refractivity contribution is 0.0685. The van der Waals surface area contributed by atoms with E-state index in [0.29, 0.717) is 0 Å². The number of carbonyl (C=O) groups is 2. The topological polar surface area (TPSA) is 108 Å². The summed E-state index contributed by atoms with van der Waals surface area (Å²) in [6.07, 6.45) is 3.84. The van der Waals surface area contributed by atoms with E-state index < -0.39 is 11.9 Å². The third-order valence-corrected chi connectivity index (χ3v) is 3.56. The molecule has 0 atom stereocenters. The molecule has 0 bridgehead atoms. The van der Waals surface area contributed by atoms with Crippen LogP contribution in [-0.4, -0.2) is 31.9 Å². The molecular formula is C11H12N4O3S. The number of imidazole rings is 1. The van der Waals surface area contributed by atoms with E-state index in [1.165, 1.54) is 17.7 Å². The molecule has 100 valence electrons. The van der Waals surface area contributed by atoms with E-state index in [1.807, 2.05) is 6.92 Å². The van der Waals surface area contributed by atoms with Gasteiger partial charge in [-0.2, -0.15) is 0 Å². The molecule has 0 aliphatic heterocycles. The zero-order chi connectivity index (χ0) is 13.8. The number of H-pyrrole nitrogens is 1. The summed E-state index contributed by atoms with van der Waals surface area (Å²) in [5.74, 6) is -1.75. The van der Waals surface area contributed by atoms with Crippen molar-refractivity contribution in [2.24, 2.45) is 0 Å². The van der Waals surface area contributed by atoms with E-state index in [-0.39, 0.29) is 17.9 Å². The van der Waals surface area contributed by atoms with Gasteiger partial charge in [-0.3, -0.25) is 4.79 Å². The van der Waals surface area contributed by atoms with Crippen molar-refractivity contribution >= 4 is 23.2 Å². The maximum Gasteiger partial charge on any atom is 0.354 e. The molecule has 0 radical (unpaired) electrons. The number of aromatic carboxylic acids is 1. The van der Waals surface area contributed by atoms with Gasteiger partial charge >= 0.3 is 5.97 Å². The van der Waals surface area contributed by atoms with Gasteiger partial charge in [-0.05, 0) is 6.42 Å². The molecular weight excluding hydrogens is 268 g/mol. The SMILES string of the molecule is CCc1cnc(CNC(=O)c2nc[nH]c2C(=O)O)s1. The third-order valence-electron chi connectivity index (χ3n) is 2.42. The second-order valence-corrected chi connectivity index (χ2v) is 4.89. The van der Waals surface area contributed by atoms with Crippen LogP contribution in [0, 0.1) is 0 Å². The van der Waals surface area contributed by atoms with E-state index in [2.05, 4.69) is 20.3 Å². The lowest BCUT2D eigenvalue weighted by atomic mass is 10.3. The number of rotatable bonds is 5. The number of aromatic nitrogens is 3. The predicted octanol–water partition coefficient (Wildman–Crippen LogP) is 1.06. The van der Waals surface area contributed by atoms with Gasteiger partial charge in [0.2, 0.25) is 0 Å². The predicted molar refractivity (Wildman–Crippen MR) is 68.2 cm³/mol. The van der Waals surface area contributed by atoms with Crippen LogP contribution in [0.4, 0.5) is 0 Å². The second kappa shape index (κ2) is 5.61. The molecule has 3 N–H and O–H groups in total. The van der Waals surface area contributed by atoms with Crippen molar-refractivity contribution in [2.75, 3.05) is 0 Å². The van der Waals surface area contributed by atoms with Gasteiger partial charge in [-0.25, -0.2) is 14.8 Å². The van der Waals surface area contributed by atoms with E-state index in [1.54, 1.807) is 6.20 Å². The van der Waals surface area contributed by atoms with Gasteiger partial charge in [-0.1, -0.05) is 6.92 Å². The number of thiazole rings is 1. The molecule has 0 saturated heterocycles. The summed E-state index contributed by atoms with van der Waals surface area (Å²) in [7, 11) is 0. The van der Waals surface area contributed by atoms with Gasteiger partial charge in [0, 0.05) is 11.1 Å². The smallest absolute Gasteiger partial charge is 0.354 e. The zero-order valence-electron chi connectivity index (χ0n) is 10.1. The number of carboxylic acid groups (broad SMARTS) is 1. The van der Waals surface area contributed by atoms with Crippen LogP contribution in [0.2, 0.25) is 0 Å². The van der Waals surface area contributed by atoms with Crippen molar-refractivity contribution in [1.82, 2.24) is 20.3 Å². The van der Waals surface area contributed by atoms with Gasteiger partial charge in [-0.15, -0.1) is 11.3 Å². The Morgan fingerprint density at radius 1 is 1.47 bits per heavy atom. The van der Waals surface area contributed by atoms with Crippen molar-refractivity contribution < 1.29 is 14.7 Å². The number of amides is 1. The van der Waals surface area contributed by atoms with E-state index >= 15 is 0 Å². The number of hydrogen-bond acceptors (Lipinski definition) is 5. The maximum atomic E-state index is 11.8. The highest BCUT2D eigenvalue weighted by atomic mass is 32.1. The maximum absolute atomic E-state index is 11.8. The van der Waals surface area contributed by atoms with Crippen molar-refractivity contribution in [3.05, 3.63) is 33.8 Å².